The molecule has 0 spiro atoms. The highest BCUT2D eigenvalue weighted by Gasteiger charge is 2.23. The van der Waals surface area contributed by atoms with E-state index in [1.807, 2.05) is 0 Å². The smallest absolute Gasteiger partial charge is 0.244 e. The molecule has 12 heteroatoms. The highest BCUT2D eigenvalue weighted by Crippen LogP contribution is 2.16. The van der Waals surface area contributed by atoms with Crippen molar-refractivity contribution in [2.45, 2.75) is 25.7 Å². The third kappa shape index (κ3) is 4.30. The van der Waals surface area contributed by atoms with Crippen molar-refractivity contribution >= 4 is 25.9 Å². The molecule has 2 aromatic rings. The molecule has 0 radical (unpaired) electrons. The van der Waals surface area contributed by atoms with Crippen molar-refractivity contribution in [1.29, 1.82) is 0 Å². The average Bonchev–Trinajstić information content (AvgIpc) is 2.94. The number of H-pyrrole nitrogens is 1. The van der Waals surface area contributed by atoms with Crippen molar-refractivity contribution in [3.05, 3.63) is 23.2 Å². The van der Waals surface area contributed by atoms with Gasteiger partial charge in [-0.05, 0) is 20.8 Å². The first-order chi connectivity index (χ1) is 10.6. The molecule has 0 saturated carbocycles. The Morgan fingerprint density at radius 1 is 1.22 bits per heavy atom. The maximum absolute atomic E-state index is 12.2. The van der Waals surface area contributed by atoms with Gasteiger partial charge in [0.2, 0.25) is 20.0 Å². The summed E-state index contributed by atoms with van der Waals surface area (Å²) in [5.74, 6) is 0.0508. The van der Waals surface area contributed by atoms with Crippen LogP contribution in [0.5, 0.6) is 0 Å². The molecule has 2 rings (SSSR count). The molecule has 0 amide bonds. The third-order valence-electron chi connectivity index (χ3n) is 2.88. The number of hydrogen-bond acceptors (Lipinski definition) is 7. The van der Waals surface area contributed by atoms with Gasteiger partial charge in [-0.3, -0.25) is 9.82 Å². The normalized spacial score (nSPS) is 12.5. The molecule has 23 heavy (non-hydrogen) atoms. The van der Waals surface area contributed by atoms with E-state index in [4.69, 9.17) is 4.52 Å². The predicted octanol–water partition coefficient (Wildman–Crippen LogP) is 0.0432. The zero-order chi connectivity index (χ0) is 17.3. The molecule has 0 unspecified atom stereocenters. The fourth-order valence-corrected chi connectivity index (χ4v) is 4.36. The third-order valence-corrected chi connectivity index (χ3v) is 5.87. The van der Waals surface area contributed by atoms with Crippen molar-refractivity contribution in [2.75, 3.05) is 17.0 Å². The van der Waals surface area contributed by atoms with Gasteiger partial charge >= 0.3 is 0 Å². The first kappa shape index (κ1) is 17.4. The molecule has 0 aliphatic rings. The molecule has 0 bridgehead atoms. The molecule has 0 fully saturated rings. The summed E-state index contributed by atoms with van der Waals surface area (Å²) in [6.45, 7) is 4.44. The molecule has 0 atom stereocenters. The van der Waals surface area contributed by atoms with Gasteiger partial charge in [0.15, 0.2) is 5.82 Å². The Kier molecular flexibility index (Phi) is 4.77. The summed E-state index contributed by atoms with van der Waals surface area (Å²) in [5, 5.41) is 9.88. The maximum Gasteiger partial charge on any atom is 0.244 e. The molecular formula is C11H17N5O5S2. The van der Waals surface area contributed by atoms with E-state index in [1.54, 1.807) is 20.8 Å². The summed E-state index contributed by atoms with van der Waals surface area (Å²) < 4.78 is 57.3. The first-order valence-corrected chi connectivity index (χ1v) is 9.69. The Morgan fingerprint density at radius 3 is 2.43 bits per heavy atom. The number of aryl methyl sites for hydroxylation is 3. The van der Waals surface area contributed by atoms with Gasteiger partial charge in [-0.2, -0.15) is 5.10 Å². The number of nitrogens with one attached hydrogen (secondary N) is 3. The van der Waals surface area contributed by atoms with Gasteiger partial charge in [-0.15, -0.1) is 0 Å². The topological polar surface area (TPSA) is 147 Å². The maximum atomic E-state index is 12.2. The van der Waals surface area contributed by atoms with E-state index in [0.717, 1.165) is 0 Å². The highest BCUT2D eigenvalue weighted by atomic mass is 32.2. The minimum atomic E-state index is -3.84. The van der Waals surface area contributed by atoms with Crippen LogP contribution < -0.4 is 9.44 Å². The highest BCUT2D eigenvalue weighted by molar-refractivity contribution is 7.92. The standard InChI is InChI=1S/C11H17N5O5S2/c1-7-6-10(15-21-7)16-22(17,18)5-4-12-23(19,20)11-8(2)13-14-9(11)3/h6,12H,4-5H2,1-3H3,(H,13,14)(H,15,16). The van der Waals surface area contributed by atoms with Crippen LogP contribution in [-0.4, -0.2) is 44.5 Å². The second-order valence-electron chi connectivity index (χ2n) is 4.90. The molecule has 0 aromatic carbocycles. The van der Waals surface area contributed by atoms with Crippen LogP contribution in [0.15, 0.2) is 15.5 Å². The number of aromatic nitrogens is 3. The van der Waals surface area contributed by atoms with Crippen LogP contribution in [0.4, 0.5) is 5.82 Å². The van der Waals surface area contributed by atoms with Crippen molar-refractivity contribution < 1.29 is 21.4 Å². The molecule has 10 nitrogen and oxygen atoms in total. The van der Waals surface area contributed by atoms with Gasteiger partial charge in [-0.1, -0.05) is 5.16 Å². The quantitative estimate of drug-likeness (QED) is 0.629. The number of rotatable bonds is 7. The summed E-state index contributed by atoms with van der Waals surface area (Å²) in [4.78, 5) is 0.0231. The molecule has 0 aliphatic heterocycles. The van der Waals surface area contributed by atoms with E-state index < -0.39 is 25.8 Å². The van der Waals surface area contributed by atoms with Crippen LogP contribution in [0.1, 0.15) is 17.1 Å². The van der Waals surface area contributed by atoms with Crippen LogP contribution in [0.3, 0.4) is 0 Å². The van der Waals surface area contributed by atoms with E-state index in [-0.39, 0.29) is 17.3 Å². The zero-order valence-corrected chi connectivity index (χ0v) is 14.4. The lowest BCUT2D eigenvalue weighted by Gasteiger charge is -2.08. The van der Waals surface area contributed by atoms with Crippen LogP contribution in [0, 0.1) is 20.8 Å². The second-order valence-corrected chi connectivity index (χ2v) is 8.45. The lowest BCUT2D eigenvalue weighted by Crippen LogP contribution is -2.31. The van der Waals surface area contributed by atoms with E-state index in [0.29, 0.717) is 17.1 Å². The number of nitrogens with zero attached hydrogens (tertiary/aromatic N) is 2. The minimum absolute atomic E-state index is 0.0231. The Hall–Kier alpha value is -1.92. The molecule has 2 heterocycles. The lowest BCUT2D eigenvalue weighted by molar-refractivity contribution is 0.400. The van der Waals surface area contributed by atoms with Crippen LogP contribution in [-0.2, 0) is 20.0 Å². The second kappa shape index (κ2) is 6.29. The Bertz CT molecular complexity index is 878. The number of hydrogen-bond donors (Lipinski definition) is 3. The van der Waals surface area contributed by atoms with Gasteiger partial charge in [0.1, 0.15) is 10.7 Å². The van der Waals surface area contributed by atoms with Crippen LogP contribution in [0.2, 0.25) is 0 Å². The van der Waals surface area contributed by atoms with Gasteiger partial charge in [0.25, 0.3) is 0 Å². The Balaban J connectivity index is 1.98. The van der Waals surface area contributed by atoms with Gasteiger partial charge in [0, 0.05) is 12.6 Å². The summed E-state index contributed by atoms with van der Waals surface area (Å²) in [6, 6.07) is 1.42. The zero-order valence-electron chi connectivity index (χ0n) is 12.7. The van der Waals surface area contributed by atoms with Gasteiger partial charge in [0.05, 0.1) is 17.1 Å². The fourth-order valence-electron chi connectivity index (χ4n) is 1.94. The van der Waals surface area contributed by atoms with E-state index in [9.17, 15) is 16.8 Å². The molecule has 0 aliphatic carbocycles. The number of anilines is 1. The van der Waals surface area contributed by atoms with Gasteiger partial charge < -0.3 is 4.52 Å². The van der Waals surface area contributed by atoms with Crippen molar-refractivity contribution in [1.82, 2.24) is 20.1 Å². The summed E-state index contributed by atoms with van der Waals surface area (Å²) in [6.07, 6.45) is 0. The van der Waals surface area contributed by atoms with Crippen molar-refractivity contribution in [3.63, 3.8) is 0 Å². The lowest BCUT2D eigenvalue weighted by atomic mass is 10.4. The average molecular weight is 363 g/mol. The molecule has 2 aromatic heterocycles. The van der Waals surface area contributed by atoms with E-state index in [1.165, 1.54) is 6.07 Å². The first-order valence-electron chi connectivity index (χ1n) is 6.56. The summed E-state index contributed by atoms with van der Waals surface area (Å²) in [7, 11) is -7.60. The molecule has 128 valence electrons. The Morgan fingerprint density at radius 2 is 1.91 bits per heavy atom. The largest absolute Gasteiger partial charge is 0.360 e. The van der Waals surface area contributed by atoms with Crippen LogP contribution in [0.25, 0.3) is 0 Å². The molecular weight excluding hydrogens is 346 g/mol. The SMILES string of the molecule is Cc1cc(NS(=O)(=O)CCNS(=O)(=O)c2c(C)n[nH]c2C)no1. The molecule has 0 saturated heterocycles. The minimum Gasteiger partial charge on any atom is -0.360 e. The van der Waals surface area contributed by atoms with Crippen molar-refractivity contribution in [3.8, 4) is 0 Å². The number of sulfonamides is 2. The number of aromatic amines is 1. The fraction of sp³-hybridized carbons (Fsp3) is 0.455. The Labute approximate surface area is 133 Å². The van der Waals surface area contributed by atoms with Gasteiger partial charge in [-0.25, -0.2) is 21.6 Å². The van der Waals surface area contributed by atoms with E-state index >= 15 is 0 Å². The van der Waals surface area contributed by atoms with Crippen LogP contribution >= 0.6 is 0 Å². The molecule has 3 N–H and O–H groups in total. The summed E-state index contributed by atoms with van der Waals surface area (Å²) in [5.41, 5.74) is 0.697. The van der Waals surface area contributed by atoms with Crippen molar-refractivity contribution in [2.24, 2.45) is 0 Å². The van der Waals surface area contributed by atoms with E-state index in [2.05, 4.69) is 24.8 Å². The predicted molar refractivity (Wildman–Crippen MR) is 81.9 cm³/mol. The monoisotopic (exact) mass is 363 g/mol. The summed E-state index contributed by atoms with van der Waals surface area (Å²) >= 11 is 0.